The number of carbonyl (C=O) groups excluding carboxylic acids is 2. The second-order valence-corrected chi connectivity index (χ2v) is 7.78. The first-order chi connectivity index (χ1) is 15.3. The van der Waals surface area contributed by atoms with Crippen LogP contribution in [-0.4, -0.2) is 68.0 Å². The van der Waals surface area contributed by atoms with E-state index in [1.54, 1.807) is 24.3 Å². The lowest BCUT2D eigenvalue weighted by atomic mass is 9.95. The van der Waals surface area contributed by atoms with E-state index >= 15 is 0 Å². The van der Waals surface area contributed by atoms with Crippen molar-refractivity contribution < 1.29 is 28.6 Å². The maximum Gasteiger partial charge on any atom is 0.295 e. The summed E-state index contributed by atoms with van der Waals surface area (Å²) in [6.07, 6.45) is 0.637. The van der Waals surface area contributed by atoms with Gasteiger partial charge in [-0.05, 0) is 63.0 Å². The Morgan fingerprint density at radius 1 is 1.12 bits per heavy atom. The highest BCUT2D eigenvalue weighted by molar-refractivity contribution is 6.46. The molecule has 2 aromatic carbocycles. The minimum absolute atomic E-state index is 0.00929. The van der Waals surface area contributed by atoms with Crippen molar-refractivity contribution in [2.24, 2.45) is 0 Å². The van der Waals surface area contributed by atoms with Crippen molar-refractivity contribution in [3.8, 4) is 11.5 Å². The molecule has 1 N–H and O–H groups in total. The summed E-state index contributed by atoms with van der Waals surface area (Å²) in [5, 5.41) is 11.0. The summed E-state index contributed by atoms with van der Waals surface area (Å²) in [5.74, 6) is -2.07. The van der Waals surface area contributed by atoms with E-state index in [1.165, 1.54) is 31.3 Å². The van der Waals surface area contributed by atoms with Crippen LogP contribution in [0, 0.1) is 5.82 Å². The van der Waals surface area contributed by atoms with Crippen LogP contribution < -0.4 is 9.47 Å². The van der Waals surface area contributed by atoms with Crippen LogP contribution in [0.1, 0.15) is 23.6 Å². The number of aliphatic hydroxyl groups excluding tert-OH is 1. The Kier molecular flexibility index (Phi) is 7.15. The maximum atomic E-state index is 14.3. The van der Waals surface area contributed by atoms with E-state index < -0.39 is 29.3 Å². The minimum atomic E-state index is -0.822. The molecular weight excluding hydrogens is 415 g/mol. The topological polar surface area (TPSA) is 79.3 Å². The number of rotatable bonds is 8. The van der Waals surface area contributed by atoms with E-state index in [1.807, 2.05) is 19.0 Å². The number of halogens is 1. The summed E-state index contributed by atoms with van der Waals surface area (Å²) in [5.41, 5.74) is 0.615. The van der Waals surface area contributed by atoms with Crippen LogP contribution >= 0.6 is 0 Å². The van der Waals surface area contributed by atoms with Gasteiger partial charge in [0.15, 0.2) is 11.6 Å². The van der Waals surface area contributed by atoms with Gasteiger partial charge in [0, 0.05) is 12.1 Å². The number of amides is 1. The Hall–Kier alpha value is -3.39. The third kappa shape index (κ3) is 4.60. The van der Waals surface area contributed by atoms with Crippen LogP contribution in [0.2, 0.25) is 0 Å². The van der Waals surface area contributed by atoms with Gasteiger partial charge in [0.1, 0.15) is 11.5 Å². The van der Waals surface area contributed by atoms with Crippen LogP contribution in [0.5, 0.6) is 11.5 Å². The van der Waals surface area contributed by atoms with Crippen LogP contribution in [0.3, 0.4) is 0 Å². The molecule has 32 heavy (non-hydrogen) atoms. The van der Waals surface area contributed by atoms with Crippen LogP contribution in [0.15, 0.2) is 48.0 Å². The van der Waals surface area contributed by atoms with E-state index in [9.17, 15) is 19.1 Å². The highest BCUT2D eigenvalue weighted by Crippen LogP contribution is 2.40. The van der Waals surface area contributed by atoms with E-state index in [0.29, 0.717) is 24.3 Å². The van der Waals surface area contributed by atoms with Gasteiger partial charge >= 0.3 is 0 Å². The minimum Gasteiger partial charge on any atom is -0.507 e. The monoisotopic (exact) mass is 442 g/mol. The fraction of sp³-hybridized carbons (Fsp3) is 0.333. The average molecular weight is 442 g/mol. The van der Waals surface area contributed by atoms with Gasteiger partial charge in [-0.1, -0.05) is 12.1 Å². The molecule has 170 valence electrons. The number of aliphatic hydroxyl groups is 1. The number of benzene rings is 2. The molecule has 0 saturated carbocycles. The molecule has 0 radical (unpaired) electrons. The van der Waals surface area contributed by atoms with Crippen molar-refractivity contribution in [3.63, 3.8) is 0 Å². The smallest absolute Gasteiger partial charge is 0.295 e. The highest BCUT2D eigenvalue weighted by Gasteiger charge is 2.46. The number of ether oxygens (including phenoxy) is 2. The van der Waals surface area contributed by atoms with Gasteiger partial charge in [0.2, 0.25) is 0 Å². The Balaban J connectivity index is 2.12. The number of Topliss-reactive ketones (excluding diaryl/α,β-unsaturated/α-hetero) is 1. The average Bonchev–Trinajstić information content (AvgIpc) is 3.03. The van der Waals surface area contributed by atoms with Gasteiger partial charge in [-0.25, -0.2) is 4.39 Å². The predicted molar refractivity (Wildman–Crippen MR) is 118 cm³/mol. The van der Waals surface area contributed by atoms with Gasteiger partial charge in [-0.3, -0.25) is 9.59 Å². The molecule has 0 aliphatic carbocycles. The first-order valence-corrected chi connectivity index (χ1v) is 10.2. The third-order valence-electron chi connectivity index (χ3n) is 5.38. The van der Waals surface area contributed by atoms with Crippen LogP contribution in [0.25, 0.3) is 5.76 Å². The molecule has 1 saturated heterocycles. The highest BCUT2D eigenvalue weighted by atomic mass is 19.1. The molecule has 1 heterocycles. The van der Waals surface area contributed by atoms with Crippen molar-refractivity contribution in [1.82, 2.24) is 9.80 Å². The zero-order chi connectivity index (χ0) is 23.4. The third-order valence-corrected chi connectivity index (χ3v) is 5.38. The Bertz CT molecular complexity index is 1050. The molecule has 1 fully saturated rings. The summed E-state index contributed by atoms with van der Waals surface area (Å²) in [4.78, 5) is 29.4. The van der Waals surface area contributed by atoms with E-state index in [0.717, 1.165) is 12.6 Å². The first-order valence-electron chi connectivity index (χ1n) is 10.2. The van der Waals surface area contributed by atoms with Gasteiger partial charge < -0.3 is 24.4 Å². The molecule has 3 rings (SSSR count). The summed E-state index contributed by atoms with van der Waals surface area (Å²) < 4.78 is 24.5. The fourth-order valence-corrected chi connectivity index (χ4v) is 3.80. The molecule has 2 aromatic rings. The molecular formula is C24H27FN2O5. The van der Waals surface area contributed by atoms with Crippen molar-refractivity contribution >= 4 is 17.4 Å². The summed E-state index contributed by atoms with van der Waals surface area (Å²) in [7, 11) is 6.70. The molecule has 1 aliphatic heterocycles. The second-order valence-electron chi connectivity index (χ2n) is 7.78. The predicted octanol–water partition coefficient (Wildman–Crippen LogP) is 3.22. The number of likely N-dealkylation sites (tertiary alicyclic amines) is 1. The van der Waals surface area contributed by atoms with Gasteiger partial charge in [-0.15, -0.1) is 0 Å². The number of hydrogen-bond donors (Lipinski definition) is 1. The molecule has 0 spiro atoms. The summed E-state index contributed by atoms with van der Waals surface area (Å²) in [6.45, 7) is 1.04. The van der Waals surface area contributed by atoms with E-state index in [4.69, 9.17) is 9.47 Å². The van der Waals surface area contributed by atoms with Gasteiger partial charge in [0.25, 0.3) is 11.7 Å². The number of ketones is 1. The first kappa shape index (κ1) is 23.3. The number of carbonyl (C=O) groups is 2. The van der Waals surface area contributed by atoms with Crippen molar-refractivity contribution in [2.75, 3.05) is 41.4 Å². The molecule has 0 unspecified atom stereocenters. The quantitative estimate of drug-likeness (QED) is 0.384. The Labute approximate surface area is 186 Å². The fourth-order valence-electron chi connectivity index (χ4n) is 3.80. The second kappa shape index (κ2) is 9.82. The van der Waals surface area contributed by atoms with Crippen molar-refractivity contribution in [2.45, 2.75) is 12.5 Å². The lowest BCUT2D eigenvalue weighted by molar-refractivity contribution is -0.139. The lowest BCUT2D eigenvalue weighted by Gasteiger charge is -2.26. The SMILES string of the molecule is COc1cccc([C@H]2C(=C(O)c3ccc(OC)c(F)c3)C(=O)C(=O)N2CCCN(C)C)c1. The lowest BCUT2D eigenvalue weighted by Crippen LogP contribution is -2.32. The molecule has 1 atom stereocenters. The number of methoxy groups -OCH3 is 2. The molecule has 0 aromatic heterocycles. The summed E-state index contributed by atoms with van der Waals surface area (Å²) in [6, 6.07) is 10.0. The van der Waals surface area contributed by atoms with E-state index in [2.05, 4.69) is 0 Å². The molecule has 8 heteroatoms. The Morgan fingerprint density at radius 2 is 1.88 bits per heavy atom. The number of nitrogens with zero attached hydrogens (tertiary/aromatic N) is 2. The normalized spacial score (nSPS) is 17.8. The standard InChI is InChI=1S/C24H27FN2O5/c1-26(2)11-6-12-27-21(15-7-5-8-17(13-15)31-3)20(23(29)24(27)30)22(28)16-9-10-19(32-4)18(25)14-16/h5,7-10,13-14,21,28H,6,11-12H2,1-4H3/t21-/m0/s1. The maximum absolute atomic E-state index is 14.3. The van der Waals surface area contributed by atoms with Crippen LogP contribution in [-0.2, 0) is 9.59 Å². The van der Waals surface area contributed by atoms with E-state index in [-0.39, 0.29) is 16.9 Å². The largest absolute Gasteiger partial charge is 0.507 e. The zero-order valence-electron chi connectivity index (χ0n) is 18.6. The summed E-state index contributed by atoms with van der Waals surface area (Å²) >= 11 is 0. The zero-order valence-corrected chi connectivity index (χ0v) is 18.6. The molecule has 1 amide bonds. The van der Waals surface area contributed by atoms with Gasteiger partial charge in [0.05, 0.1) is 25.8 Å². The van der Waals surface area contributed by atoms with Crippen molar-refractivity contribution in [1.29, 1.82) is 0 Å². The molecule has 7 nitrogen and oxygen atoms in total. The van der Waals surface area contributed by atoms with Gasteiger partial charge in [-0.2, -0.15) is 0 Å². The van der Waals surface area contributed by atoms with Crippen LogP contribution in [0.4, 0.5) is 4.39 Å². The Morgan fingerprint density at radius 3 is 2.50 bits per heavy atom. The molecule has 1 aliphatic rings. The van der Waals surface area contributed by atoms with Crippen molar-refractivity contribution in [3.05, 3.63) is 65.0 Å². The number of hydrogen-bond acceptors (Lipinski definition) is 6. The molecule has 0 bridgehead atoms.